The third-order valence-electron chi connectivity index (χ3n) is 4.64. The molecule has 0 saturated carbocycles. The molecule has 2 aromatic rings. The Morgan fingerprint density at radius 3 is 2.52 bits per heavy atom. The Hall–Kier alpha value is -3.39. The number of benzene rings is 2. The number of carbonyl (C=O) groups excluding carboxylic acids is 2. The molecular formula is C23H20BrNO6. The van der Waals surface area contributed by atoms with Gasteiger partial charge in [-0.2, -0.15) is 0 Å². The summed E-state index contributed by atoms with van der Waals surface area (Å²) >= 11 is 3.22. The maximum Gasteiger partial charge on any atom is 0.351 e. The Kier molecular flexibility index (Phi) is 7.25. The number of ether oxygens (including phenoxy) is 2. The number of aromatic carboxylic acids is 1. The highest BCUT2D eigenvalue weighted by Crippen LogP contribution is 2.27. The van der Waals surface area contributed by atoms with Crippen LogP contribution in [-0.4, -0.2) is 30.1 Å². The Morgan fingerprint density at radius 2 is 1.90 bits per heavy atom. The summed E-state index contributed by atoms with van der Waals surface area (Å²) in [5.74, 6) is -2.08. The minimum absolute atomic E-state index is 0.00846. The van der Waals surface area contributed by atoms with E-state index in [-0.39, 0.29) is 17.2 Å². The van der Waals surface area contributed by atoms with Gasteiger partial charge in [-0.1, -0.05) is 52.3 Å². The van der Waals surface area contributed by atoms with Crippen LogP contribution in [0.2, 0.25) is 0 Å². The third-order valence-corrected chi connectivity index (χ3v) is 5.14. The third kappa shape index (κ3) is 5.61. The molecule has 1 aliphatic rings. The SMILES string of the molecule is COC(=O)C(OC1=CCC(C(=O)Nc2ccc(Br)cc2C(=O)O)C=C1)c1ccccc1. The van der Waals surface area contributed by atoms with Gasteiger partial charge in [-0.3, -0.25) is 4.79 Å². The molecule has 2 aromatic carbocycles. The largest absolute Gasteiger partial charge is 0.478 e. The Morgan fingerprint density at radius 1 is 1.16 bits per heavy atom. The molecule has 0 saturated heterocycles. The number of nitrogens with one attached hydrogen (secondary N) is 1. The lowest BCUT2D eigenvalue weighted by atomic mass is 9.98. The van der Waals surface area contributed by atoms with Gasteiger partial charge < -0.3 is 19.9 Å². The van der Waals surface area contributed by atoms with E-state index >= 15 is 0 Å². The maximum atomic E-state index is 12.6. The van der Waals surface area contributed by atoms with Gasteiger partial charge in [0.25, 0.3) is 0 Å². The molecule has 0 spiro atoms. The fraction of sp³-hybridized carbons (Fsp3) is 0.174. The highest BCUT2D eigenvalue weighted by atomic mass is 79.9. The zero-order chi connectivity index (χ0) is 22.4. The van der Waals surface area contributed by atoms with Crippen LogP contribution in [0.25, 0.3) is 0 Å². The normalized spacial score (nSPS) is 16.1. The number of anilines is 1. The van der Waals surface area contributed by atoms with Crippen molar-refractivity contribution in [2.24, 2.45) is 5.92 Å². The summed E-state index contributed by atoms with van der Waals surface area (Å²) in [6.45, 7) is 0. The van der Waals surface area contributed by atoms with Crippen LogP contribution in [0.3, 0.4) is 0 Å². The van der Waals surface area contributed by atoms with E-state index in [0.29, 0.717) is 22.2 Å². The number of carbonyl (C=O) groups is 3. The van der Waals surface area contributed by atoms with Crippen LogP contribution < -0.4 is 5.32 Å². The number of carboxylic acid groups (broad SMARTS) is 1. The van der Waals surface area contributed by atoms with Crippen LogP contribution >= 0.6 is 15.9 Å². The van der Waals surface area contributed by atoms with E-state index in [9.17, 15) is 19.5 Å². The van der Waals surface area contributed by atoms with Crippen molar-refractivity contribution in [1.82, 2.24) is 0 Å². The molecule has 0 heterocycles. The highest BCUT2D eigenvalue weighted by molar-refractivity contribution is 9.10. The molecule has 31 heavy (non-hydrogen) atoms. The Balaban J connectivity index is 1.67. The first kappa shape index (κ1) is 22.3. The first-order valence-electron chi connectivity index (χ1n) is 9.40. The van der Waals surface area contributed by atoms with Gasteiger partial charge in [-0.05, 0) is 36.8 Å². The molecular weight excluding hydrogens is 466 g/mol. The second-order valence-electron chi connectivity index (χ2n) is 6.72. The second kappa shape index (κ2) is 10.1. The first-order valence-corrected chi connectivity index (χ1v) is 10.2. The van der Waals surface area contributed by atoms with E-state index in [1.54, 1.807) is 48.6 Å². The van der Waals surface area contributed by atoms with E-state index in [2.05, 4.69) is 21.2 Å². The lowest BCUT2D eigenvalue weighted by molar-refractivity contribution is -0.151. The quantitative estimate of drug-likeness (QED) is 0.560. The van der Waals surface area contributed by atoms with Gasteiger partial charge in [0.15, 0.2) is 0 Å². The van der Waals surface area contributed by atoms with Crippen molar-refractivity contribution in [3.8, 4) is 0 Å². The van der Waals surface area contributed by atoms with E-state index in [1.165, 1.54) is 19.2 Å². The van der Waals surface area contributed by atoms with Crippen molar-refractivity contribution in [2.75, 3.05) is 12.4 Å². The molecule has 3 rings (SSSR count). The van der Waals surface area contributed by atoms with Gasteiger partial charge in [0.2, 0.25) is 12.0 Å². The Bertz CT molecular complexity index is 1050. The van der Waals surface area contributed by atoms with Crippen molar-refractivity contribution in [2.45, 2.75) is 12.5 Å². The molecule has 2 unspecified atom stereocenters. The summed E-state index contributed by atoms with van der Waals surface area (Å²) in [7, 11) is 1.29. The molecule has 7 nitrogen and oxygen atoms in total. The zero-order valence-corrected chi connectivity index (χ0v) is 18.2. The van der Waals surface area contributed by atoms with Crippen molar-refractivity contribution < 1.29 is 29.0 Å². The molecule has 0 bridgehead atoms. The number of hydrogen-bond donors (Lipinski definition) is 2. The van der Waals surface area contributed by atoms with Gasteiger partial charge in [0.05, 0.1) is 24.3 Å². The average molecular weight is 486 g/mol. The van der Waals surface area contributed by atoms with Crippen molar-refractivity contribution in [3.63, 3.8) is 0 Å². The smallest absolute Gasteiger partial charge is 0.351 e. The summed E-state index contributed by atoms with van der Waals surface area (Å²) in [5, 5.41) is 12.0. The number of allylic oxidation sites excluding steroid dienone is 2. The predicted molar refractivity (Wildman–Crippen MR) is 117 cm³/mol. The monoisotopic (exact) mass is 485 g/mol. The number of halogens is 1. The van der Waals surface area contributed by atoms with Gasteiger partial charge >= 0.3 is 11.9 Å². The second-order valence-corrected chi connectivity index (χ2v) is 7.64. The summed E-state index contributed by atoms with van der Waals surface area (Å²) in [4.78, 5) is 36.2. The van der Waals surface area contributed by atoms with E-state index < -0.39 is 24.0 Å². The molecule has 0 fully saturated rings. The van der Waals surface area contributed by atoms with Crippen LogP contribution in [0.4, 0.5) is 5.69 Å². The van der Waals surface area contributed by atoms with E-state index in [1.807, 2.05) is 6.07 Å². The van der Waals surface area contributed by atoms with Crippen LogP contribution in [0.15, 0.2) is 77.0 Å². The molecule has 160 valence electrons. The fourth-order valence-electron chi connectivity index (χ4n) is 3.03. The lowest BCUT2D eigenvalue weighted by Gasteiger charge is -2.21. The number of rotatable bonds is 7. The topological polar surface area (TPSA) is 102 Å². The molecule has 2 atom stereocenters. The molecule has 1 amide bonds. The summed E-state index contributed by atoms with van der Waals surface area (Å²) in [6.07, 6.45) is 4.39. The van der Waals surface area contributed by atoms with Crippen molar-refractivity contribution in [3.05, 3.63) is 88.1 Å². The standard InChI is InChI=1S/C23H20BrNO6/c1-30-23(29)20(14-5-3-2-4-6-14)31-17-10-7-15(8-11-17)21(26)25-19-12-9-16(24)13-18(19)22(27)28/h2-7,9-13,15,20H,8H2,1H3,(H,25,26)(H,27,28). The number of esters is 1. The van der Waals surface area contributed by atoms with E-state index in [0.717, 1.165) is 0 Å². The van der Waals surface area contributed by atoms with E-state index in [4.69, 9.17) is 9.47 Å². The van der Waals surface area contributed by atoms with Crippen molar-refractivity contribution >= 4 is 39.5 Å². The van der Waals surface area contributed by atoms with Gasteiger partial charge in [0.1, 0.15) is 5.76 Å². The number of carboxylic acids is 1. The highest BCUT2D eigenvalue weighted by Gasteiger charge is 2.26. The molecule has 1 aliphatic carbocycles. The Labute approximate surface area is 187 Å². The van der Waals surface area contributed by atoms with Crippen LogP contribution in [0, 0.1) is 5.92 Å². The fourth-order valence-corrected chi connectivity index (χ4v) is 3.39. The molecule has 8 heteroatoms. The molecule has 0 radical (unpaired) electrons. The number of amides is 1. The molecule has 0 aromatic heterocycles. The summed E-state index contributed by atoms with van der Waals surface area (Å²) in [6, 6.07) is 13.6. The average Bonchev–Trinajstić information content (AvgIpc) is 2.79. The minimum Gasteiger partial charge on any atom is -0.478 e. The zero-order valence-electron chi connectivity index (χ0n) is 16.6. The lowest BCUT2D eigenvalue weighted by Crippen LogP contribution is -2.24. The first-order chi connectivity index (χ1) is 14.9. The summed E-state index contributed by atoms with van der Waals surface area (Å²) in [5.41, 5.74) is 0.862. The van der Waals surface area contributed by atoms with Crippen molar-refractivity contribution in [1.29, 1.82) is 0 Å². The molecule has 2 N–H and O–H groups in total. The predicted octanol–water partition coefficient (Wildman–Crippen LogP) is 4.48. The van der Waals surface area contributed by atoms with Crippen LogP contribution in [0.1, 0.15) is 28.4 Å². The molecule has 0 aliphatic heterocycles. The number of hydrogen-bond acceptors (Lipinski definition) is 5. The minimum atomic E-state index is -1.14. The maximum absolute atomic E-state index is 12.6. The number of methoxy groups -OCH3 is 1. The van der Waals surface area contributed by atoms with Gasteiger partial charge in [-0.15, -0.1) is 0 Å². The van der Waals surface area contributed by atoms with Crippen LogP contribution in [0.5, 0.6) is 0 Å². The summed E-state index contributed by atoms with van der Waals surface area (Å²) < 4.78 is 11.3. The van der Waals surface area contributed by atoms with Gasteiger partial charge in [-0.25, -0.2) is 9.59 Å². The van der Waals surface area contributed by atoms with Crippen LogP contribution in [-0.2, 0) is 19.1 Å². The van der Waals surface area contributed by atoms with Gasteiger partial charge in [0, 0.05) is 10.0 Å².